The zero-order chi connectivity index (χ0) is 15.2. The monoisotopic (exact) mass is 308 g/mol. The average Bonchev–Trinajstić information content (AvgIpc) is 2.73. The van der Waals surface area contributed by atoms with E-state index in [1.165, 1.54) is 18.2 Å². The SMILES string of the molecule is Cc1ccc(C)n1NC1CCS(=O)(=O)c2ccc(F)cc21. The second-order valence-corrected chi connectivity index (χ2v) is 7.50. The highest BCUT2D eigenvalue weighted by molar-refractivity contribution is 7.91. The van der Waals surface area contributed by atoms with Crippen LogP contribution in [0.25, 0.3) is 0 Å². The molecule has 4 nitrogen and oxygen atoms in total. The molecule has 0 aliphatic carbocycles. The molecule has 0 saturated heterocycles. The van der Waals surface area contributed by atoms with E-state index >= 15 is 0 Å². The second-order valence-electron chi connectivity index (χ2n) is 5.42. The van der Waals surface area contributed by atoms with E-state index in [1.54, 1.807) is 0 Å². The van der Waals surface area contributed by atoms with Crippen LogP contribution in [0.5, 0.6) is 0 Å². The number of hydrogen-bond donors (Lipinski definition) is 1. The van der Waals surface area contributed by atoms with Gasteiger partial charge in [0, 0.05) is 11.4 Å². The van der Waals surface area contributed by atoms with E-state index in [0.29, 0.717) is 12.0 Å². The van der Waals surface area contributed by atoms with Crippen molar-refractivity contribution in [1.29, 1.82) is 0 Å². The molecule has 6 heteroatoms. The predicted octanol–water partition coefficient (Wildman–Crippen LogP) is 2.71. The molecule has 2 heterocycles. The van der Waals surface area contributed by atoms with Gasteiger partial charge >= 0.3 is 0 Å². The Kier molecular flexibility index (Phi) is 3.28. The lowest BCUT2D eigenvalue weighted by atomic mass is 10.0. The van der Waals surface area contributed by atoms with Crippen LogP contribution in [-0.4, -0.2) is 18.8 Å². The van der Waals surface area contributed by atoms with E-state index in [1.807, 2.05) is 30.7 Å². The summed E-state index contributed by atoms with van der Waals surface area (Å²) in [6, 6.07) is 7.62. The number of fused-ring (bicyclic) bond motifs is 1. The highest BCUT2D eigenvalue weighted by atomic mass is 32.2. The predicted molar refractivity (Wildman–Crippen MR) is 79.1 cm³/mol. The number of halogens is 1. The van der Waals surface area contributed by atoms with Gasteiger partial charge in [-0.25, -0.2) is 12.8 Å². The minimum Gasteiger partial charge on any atom is -0.318 e. The third-order valence-electron chi connectivity index (χ3n) is 3.91. The molecule has 21 heavy (non-hydrogen) atoms. The lowest BCUT2D eigenvalue weighted by molar-refractivity contribution is 0.554. The van der Waals surface area contributed by atoms with E-state index in [-0.39, 0.29) is 16.7 Å². The van der Waals surface area contributed by atoms with E-state index in [4.69, 9.17) is 0 Å². The number of rotatable bonds is 2. The van der Waals surface area contributed by atoms with Gasteiger partial charge in [0.2, 0.25) is 0 Å². The van der Waals surface area contributed by atoms with Crippen LogP contribution in [0.2, 0.25) is 0 Å². The largest absolute Gasteiger partial charge is 0.318 e. The number of nitrogens with zero attached hydrogens (tertiary/aromatic N) is 1. The quantitative estimate of drug-likeness (QED) is 0.868. The van der Waals surface area contributed by atoms with Crippen LogP contribution < -0.4 is 5.43 Å². The Hall–Kier alpha value is -1.82. The molecule has 1 aromatic carbocycles. The Morgan fingerprint density at radius 3 is 2.52 bits per heavy atom. The molecule has 1 aliphatic heterocycles. The van der Waals surface area contributed by atoms with Crippen LogP contribution in [0, 0.1) is 19.7 Å². The van der Waals surface area contributed by atoms with Gasteiger partial charge in [0.15, 0.2) is 9.84 Å². The fourth-order valence-corrected chi connectivity index (χ4v) is 4.38. The van der Waals surface area contributed by atoms with Crippen LogP contribution in [0.4, 0.5) is 4.39 Å². The molecule has 112 valence electrons. The zero-order valence-electron chi connectivity index (χ0n) is 11.9. The van der Waals surface area contributed by atoms with Gasteiger partial charge < -0.3 is 5.43 Å². The van der Waals surface area contributed by atoms with Crippen molar-refractivity contribution in [2.75, 3.05) is 11.2 Å². The van der Waals surface area contributed by atoms with Crippen molar-refractivity contribution in [3.8, 4) is 0 Å². The zero-order valence-corrected chi connectivity index (χ0v) is 12.7. The topological polar surface area (TPSA) is 51.1 Å². The van der Waals surface area contributed by atoms with Crippen molar-refractivity contribution in [1.82, 2.24) is 4.68 Å². The van der Waals surface area contributed by atoms with Crippen molar-refractivity contribution in [2.45, 2.75) is 31.2 Å². The average molecular weight is 308 g/mol. The molecule has 0 bridgehead atoms. The summed E-state index contributed by atoms with van der Waals surface area (Å²) in [7, 11) is -3.31. The Bertz CT molecular complexity index is 777. The van der Waals surface area contributed by atoms with Gasteiger partial charge in [-0.2, -0.15) is 0 Å². The minimum absolute atomic E-state index is 0.0721. The maximum Gasteiger partial charge on any atom is 0.178 e. The molecule has 0 saturated carbocycles. The van der Waals surface area contributed by atoms with Gasteiger partial charge in [-0.05, 0) is 56.2 Å². The summed E-state index contributed by atoms with van der Waals surface area (Å²) in [5.74, 6) is -0.346. The van der Waals surface area contributed by atoms with Gasteiger partial charge in [-0.1, -0.05) is 0 Å². The Balaban J connectivity index is 2.04. The van der Waals surface area contributed by atoms with Gasteiger partial charge in [0.05, 0.1) is 16.7 Å². The van der Waals surface area contributed by atoms with E-state index in [2.05, 4.69) is 5.43 Å². The standard InChI is InChI=1S/C15H17FN2O2S/c1-10-3-4-11(2)18(10)17-14-7-8-21(19,20)15-6-5-12(16)9-13(14)15/h3-6,9,14,17H,7-8H2,1-2H3. The van der Waals surface area contributed by atoms with Gasteiger partial charge in [-0.15, -0.1) is 0 Å². The van der Waals surface area contributed by atoms with Crippen molar-refractivity contribution in [2.24, 2.45) is 0 Å². The second kappa shape index (κ2) is 4.87. The molecule has 0 amide bonds. The summed E-state index contributed by atoms with van der Waals surface area (Å²) in [6.07, 6.45) is 0.426. The fraction of sp³-hybridized carbons (Fsp3) is 0.333. The van der Waals surface area contributed by atoms with E-state index in [9.17, 15) is 12.8 Å². The van der Waals surface area contributed by atoms with Crippen LogP contribution in [0.1, 0.15) is 29.4 Å². The first-order valence-corrected chi connectivity index (χ1v) is 8.47. The third-order valence-corrected chi connectivity index (χ3v) is 5.73. The first-order valence-electron chi connectivity index (χ1n) is 6.82. The summed E-state index contributed by atoms with van der Waals surface area (Å²) >= 11 is 0. The third kappa shape index (κ3) is 2.44. The van der Waals surface area contributed by atoms with Crippen molar-refractivity contribution in [3.63, 3.8) is 0 Å². The molecule has 0 radical (unpaired) electrons. The highest BCUT2D eigenvalue weighted by Crippen LogP contribution is 2.33. The van der Waals surface area contributed by atoms with E-state index in [0.717, 1.165) is 11.4 Å². The summed E-state index contributed by atoms with van der Waals surface area (Å²) in [5, 5.41) is 0. The maximum absolute atomic E-state index is 13.5. The summed E-state index contributed by atoms with van der Waals surface area (Å²) in [4.78, 5) is 0.232. The number of sulfone groups is 1. The van der Waals surface area contributed by atoms with Crippen LogP contribution in [0.15, 0.2) is 35.2 Å². The Labute approximate surface area is 123 Å². The first kappa shape index (κ1) is 14.1. The molecule has 3 rings (SSSR count). The lowest BCUT2D eigenvalue weighted by Gasteiger charge is -2.28. The van der Waals surface area contributed by atoms with Crippen molar-refractivity contribution < 1.29 is 12.8 Å². The summed E-state index contributed by atoms with van der Waals surface area (Å²) in [6.45, 7) is 3.93. The number of aromatic nitrogens is 1. The smallest absolute Gasteiger partial charge is 0.178 e. The number of benzene rings is 1. The first-order chi connectivity index (χ1) is 9.88. The lowest BCUT2D eigenvalue weighted by Crippen LogP contribution is -2.30. The number of hydrogen-bond acceptors (Lipinski definition) is 3. The van der Waals surface area contributed by atoms with E-state index < -0.39 is 15.7 Å². The molecule has 0 spiro atoms. The van der Waals surface area contributed by atoms with Crippen molar-refractivity contribution in [3.05, 3.63) is 53.1 Å². The molecule has 1 aromatic heterocycles. The Morgan fingerprint density at radius 2 is 1.86 bits per heavy atom. The maximum atomic E-state index is 13.5. The fourth-order valence-electron chi connectivity index (χ4n) is 2.78. The van der Waals surface area contributed by atoms with Crippen LogP contribution >= 0.6 is 0 Å². The highest BCUT2D eigenvalue weighted by Gasteiger charge is 2.31. The molecule has 1 aliphatic rings. The van der Waals surface area contributed by atoms with Gasteiger partial charge in [-0.3, -0.25) is 4.68 Å². The van der Waals surface area contributed by atoms with Gasteiger partial charge in [0.1, 0.15) is 5.82 Å². The summed E-state index contributed by atoms with van der Waals surface area (Å²) in [5.41, 5.74) is 5.87. The Morgan fingerprint density at radius 1 is 1.19 bits per heavy atom. The molecular weight excluding hydrogens is 291 g/mol. The van der Waals surface area contributed by atoms with Crippen molar-refractivity contribution >= 4 is 9.84 Å². The molecule has 0 fully saturated rings. The number of aryl methyl sites for hydroxylation is 2. The summed E-state index contributed by atoms with van der Waals surface area (Å²) < 4.78 is 39.7. The van der Waals surface area contributed by atoms with Crippen LogP contribution in [0.3, 0.4) is 0 Å². The molecular formula is C15H17FN2O2S. The van der Waals surface area contributed by atoms with Gasteiger partial charge in [0.25, 0.3) is 0 Å². The normalized spacial score (nSPS) is 20.0. The van der Waals surface area contributed by atoms with Crippen LogP contribution in [-0.2, 0) is 9.84 Å². The molecule has 2 aromatic rings. The molecule has 1 N–H and O–H groups in total. The molecule has 1 atom stereocenters. The minimum atomic E-state index is -3.31. The number of nitrogens with one attached hydrogen (secondary N) is 1. The molecule has 1 unspecified atom stereocenters.